The van der Waals surface area contributed by atoms with Crippen LogP contribution in [0.15, 0.2) is 11.1 Å². The first-order valence-electron chi connectivity index (χ1n) is 4.08. The van der Waals surface area contributed by atoms with E-state index >= 15 is 0 Å². The number of aromatic nitrogens is 2. The summed E-state index contributed by atoms with van der Waals surface area (Å²) in [6.45, 7) is 0.101. The molecule has 1 heterocycles. The van der Waals surface area contributed by atoms with Gasteiger partial charge >= 0.3 is 0 Å². The molecule has 3 nitrogen and oxygen atoms in total. The maximum Gasteiger partial charge on any atom is 0.118 e. The number of thioether (sulfide) groups is 1. The fourth-order valence-electron chi connectivity index (χ4n) is 1.26. The Bertz CT molecular complexity index is 281. The third-order valence-electron chi connectivity index (χ3n) is 2.05. The molecule has 1 N–H and O–H groups in total. The molecule has 4 heteroatoms. The summed E-state index contributed by atoms with van der Waals surface area (Å²) in [4.78, 5) is 0. The van der Waals surface area contributed by atoms with Gasteiger partial charge in [-0.3, -0.25) is 4.68 Å². The Labute approximate surface area is 75.8 Å². The van der Waals surface area contributed by atoms with Gasteiger partial charge in [-0.25, -0.2) is 0 Å². The molecule has 0 aromatic carbocycles. The zero-order valence-electron chi connectivity index (χ0n) is 7.03. The monoisotopic (exact) mass is 184 g/mol. The molecule has 2 rings (SSSR count). The Kier molecular flexibility index (Phi) is 2.11. The van der Waals surface area contributed by atoms with Crippen molar-refractivity contribution < 1.29 is 5.11 Å². The van der Waals surface area contributed by atoms with Gasteiger partial charge in [0.2, 0.25) is 0 Å². The molecule has 66 valence electrons. The second-order valence-electron chi connectivity index (χ2n) is 3.01. The van der Waals surface area contributed by atoms with E-state index in [4.69, 9.17) is 5.11 Å². The van der Waals surface area contributed by atoms with E-state index in [0.717, 1.165) is 10.7 Å². The zero-order chi connectivity index (χ0) is 8.55. The zero-order valence-corrected chi connectivity index (χ0v) is 7.84. The van der Waals surface area contributed by atoms with Crippen LogP contribution in [0.3, 0.4) is 0 Å². The standard InChI is InChI=1S/C8H12N2OS/c1-12-8-4-7(5-11)10(9-8)6-2-3-6/h4,6,11H,2-3,5H2,1H3. The van der Waals surface area contributed by atoms with E-state index in [-0.39, 0.29) is 6.61 Å². The van der Waals surface area contributed by atoms with E-state index in [1.165, 1.54) is 12.8 Å². The molecular weight excluding hydrogens is 172 g/mol. The van der Waals surface area contributed by atoms with Crippen LogP contribution < -0.4 is 0 Å². The fraction of sp³-hybridized carbons (Fsp3) is 0.625. The molecule has 0 unspecified atom stereocenters. The van der Waals surface area contributed by atoms with Crippen molar-refractivity contribution in [2.45, 2.75) is 30.5 Å². The summed E-state index contributed by atoms with van der Waals surface area (Å²) >= 11 is 1.62. The van der Waals surface area contributed by atoms with Gasteiger partial charge in [0.1, 0.15) is 5.03 Å². The predicted octanol–water partition coefficient (Wildman–Crippen LogP) is 1.43. The molecule has 0 saturated heterocycles. The van der Waals surface area contributed by atoms with Gasteiger partial charge in [-0.15, -0.1) is 11.8 Å². The highest BCUT2D eigenvalue weighted by Crippen LogP contribution is 2.36. The first-order chi connectivity index (χ1) is 5.85. The van der Waals surface area contributed by atoms with Crippen molar-refractivity contribution in [1.29, 1.82) is 0 Å². The van der Waals surface area contributed by atoms with Crippen LogP contribution in [-0.2, 0) is 6.61 Å². The number of hydrogen-bond acceptors (Lipinski definition) is 3. The van der Waals surface area contributed by atoms with Crippen molar-refractivity contribution >= 4 is 11.8 Å². The van der Waals surface area contributed by atoms with E-state index in [9.17, 15) is 0 Å². The van der Waals surface area contributed by atoms with Crippen molar-refractivity contribution in [1.82, 2.24) is 9.78 Å². The number of aliphatic hydroxyl groups excluding tert-OH is 1. The van der Waals surface area contributed by atoms with E-state index in [0.29, 0.717) is 6.04 Å². The molecule has 0 atom stereocenters. The summed E-state index contributed by atoms with van der Waals surface area (Å²) in [6.07, 6.45) is 4.42. The maximum atomic E-state index is 9.03. The van der Waals surface area contributed by atoms with Gasteiger partial charge in [0, 0.05) is 0 Å². The highest BCUT2D eigenvalue weighted by atomic mass is 32.2. The van der Waals surface area contributed by atoms with Crippen molar-refractivity contribution in [3.05, 3.63) is 11.8 Å². The van der Waals surface area contributed by atoms with Crippen molar-refractivity contribution in [2.75, 3.05) is 6.26 Å². The molecule has 0 aliphatic heterocycles. The fourth-order valence-corrected chi connectivity index (χ4v) is 1.68. The molecule has 1 aliphatic carbocycles. The SMILES string of the molecule is CSc1cc(CO)n(C2CC2)n1. The van der Waals surface area contributed by atoms with Crippen LogP contribution in [-0.4, -0.2) is 21.1 Å². The van der Waals surface area contributed by atoms with Gasteiger partial charge in [-0.05, 0) is 25.2 Å². The first kappa shape index (κ1) is 8.13. The van der Waals surface area contributed by atoms with E-state index < -0.39 is 0 Å². The third kappa shape index (κ3) is 1.36. The molecule has 0 spiro atoms. The highest BCUT2D eigenvalue weighted by Gasteiger charge is 2.26. The maximum absolute atomic E-state index is 9.03. The van der Waals surface area contributed by atoms with Gasteiger partial charge in [0.25, 0.3) is 0 Å². The minimum atomic E-state index is 0.101. The second-order valence-corrected chi connectivity index (χ2v) is 3.84. The largest absolute Gasteiger partial charge is 0.390 e. The predicted molar refractivity (Wildman–Crippen MR) is 48.2 cm³/mol. The topological polar surface area (TPSA) is 38.0 Å². The van der Waals surface area contributed by atoms with E-state index in [1.54, 1.807) is 11.8 Å². The van der Waals surface area contributed by atoms with Crippen molar-refractivity contribution in [2.24, 2.45) is 0 Å². The van der Waals surface area contributed by atoms with Crippen LogP contribution >= 0.6 is 11.8 Å². The molecule has 1 aromatic heterocycles. The van der Waals surface area contributed by atoms with Crippen LogP contribution in [0.2, 0.25) is 0 Å². The van der Waals surface area contributed by atoms with E-state index in [1.807, 2.05) is 17.0 Å². The van der Waals surface area contributed by atoms with Crippen LogP contribution in [0.4, 0.5) is 0 Å². The lowest BCUT2D eigenvalue weighted by molar-refractivity contribution is 0.267. The number of hydrogen-bond donors (Lipinski definition) is 1. The van der Waals surface area contributed by atoms with Crippen LogP contribution in [0.5, 0.6) is 0 Å². The third-order valence-corrected chi connectivity index (χ3v) is 2.67. The first-order valence-corrected chi connectivity index (χ1v) is 5.31. The van der Waals surface area contributed by atoms with Crippen molar-refractivity contribution in [3.8, 4) is 0 Å². The lowest BCUT2D eigenvalue weighted by Crippen LogP contribution is -2.01. The molecule has 0 bridgehead atoms. The Hall–Kier alpha value is -0.480. The summed E-state index contributed by atoms with van der Waals surface area (Å²) < 4.78 is 1.96. The molecule has 1 saturated carbocycles. The minimum absolute atomic E-state index is 0.101. The van der Waals surface area contributed by atoms with E-state index in [2.05, 4.69) is 5.10 Å². The molecule has 1 aromatic rings. The molecule has 0 radical (unpaired) electrons. The minimum Gasteiger partial charge on any atom is -0.390 e. The molecule has 12 heavy (non-hydrogen) atoms. The van der Waals surface area contributed by atoms with Crippen LogP contribution in [0, 0.1) is 0 Å². The number of aliphatic hydroxyl groups is 1. The van der Waals surface area contributed by atoms with Gasteiger partial charge in [-0.2, -0.15) is 5.10 Å². The smallest absolute Gasteiger partial charge is 0.118 e. The van der Waals surface area contributed by atoms with Crippen LogP contribution in [0.1, 0.15) is 24.6 Å². The normalized spacial score (nSPS) is 16.8. The summed E-state index contributed by atoms with van der Waals surface area (Å²) in [5, 5.41) is 14.4. The molecule has 1 fully saturated rings. The highest BCUT2D eigenvalue weighted by molar-refractivity contribution is 7.98. The van der Waals surface area contributed by atoms with Gasteiger partial charge in [0.05, 0.1) is 18.3 Å². The Morgan fingerprint density at radius 3 is 3.00 bits per heavy atom. The average molecular weight is 184 g/mol. The Morgan fingerprint density at radius 1 is 1.75 bits per heavy atom. The second kappa shape index (κ2) is 3.11. The lowest BCUT2D eigenvalue weighted by Gasteiger charge is -2.00. The summed E-state index contributed by atoms with van der Waals surface area (Å²) in [6, 6.07) is 2.52. The lowest BCUT2D eigenvalue weighted by atomic mass is 10.4. The summed E-state index contributed by atoms with van der Waals surface area (Å²) in [5.41, 5.74) is 0.946. The Morgan fingerprint density at radius 2 is 2.50 bits per heavy atom. The van der Waals surface area contributed by atoms with Crippen molar-refractivity contribution in [3.63, 3.8) is 0 Å². The average Bonchev–Trinajstić information content (AvgIpc) is 2.85. The van der Waals surface area contributed by atoms with Crippen LogP contribution in [0.25, 0.3) is 0 Å². The molecular formula is C8H12N2OS. The van der Waals surface area contributed by atoms with Gasteiger partial charge in [0.15, 0.2) is 0 Å². The molecule has 0 amide bonds. The number of nitrogens with zero attached hydrogens (tertiary/aromatic N) is 2. The van der Waals surface area contributed by atoms with Gasteiger partial charge in [-0.1, -0.05) is 0 Å². The van der Waals surface area contributed by atoms with Gasteiger partial charge < -0.3 is 5.11 Å². The number of rotatable bonds is 3. The quantitative estimate of drug-likeness (QED) is 0.722. The summed E-state index contributed by atoms with van der Waals surface area (Å²) in [7, 11) is 0. The summed E-state index contributed by atoms with van der Waals surface area (Å²) in [5.74, 6) is 0. The molecule has 1 aliphatic rings. The Balaban J connectivity index is 2.29.